The van der Waals surface area contributed by atoms with Gasteiger partial charge in [-0.15, -0.1) is 0 Å². The number of nitrogens with zero attached hydrogens (tertiary/aromatic N) is 3. The smallest absolute Gasteiger partial charge is 0.302 e. The van der Waals surface area contributed by atoms with Crippen molar-refractivity contribution in [3.05, 3.63) is 37.4 Å². The molecule has 0 bridgehead atoms. The van der Waals surface area contributed by atoms with Crippen LogP contribution in [0.15, 0.2) is 6.07 Å². The van der Waals surface area contributed by atoms with Gasteiger partial charge in [-0.2, -0.15) is 0 Å². The molecule has 8 heteroatoms. The zero-order valence-electron chi connectivity index (χ0n) is 13.3. The highest BCUT2D eigenvalue weighted by atomic mass is 16.6. The Hall–Kier alpha value is -2.22. The molecule has 1 heterocycles. The highest BCUT2D eigenvalue weighted by molar-refractivity contribution is 5.79. The third kappa shape index (κ3) is 3.42. The van der Waals surface area contributed by atoms with Gasteiger partial charge >= 0.3 is 5.69 Å². The van der Waals surface area contributed by atoms with Crippen LogP contribution in [0.5, 0.6) is 0 Å². The second-order valence-electron chi connectivity index (χ2n) is 6.07. The van der Waals surface area contributed by atoms with Crippen LogP contribution in [-0.2, 0) is 6.61 Å². The minimum absolute atomic E-state index is 0.0730. The predicted molar refractivity (Wildman–Crippen MR) is 85.6 cm³/mol. The van der Waals surface area contributed by atoms with Crippen molar-refractivity contribution in [3.63, 3.8) is 0 Å². The lowest BCUT2D eigenvalue weighted by Crippen LogP contribution is -2.26. The lowest BCUT2D eigenvalue weighted by Gasteiger charge is -2.23. The van der Waals surface area contributed by atoms with Crippen LogP contribution in [-0.4, -0.2) is 28.0 Å². The van der Waals surface area contributed by atoms with E-state index in [1.807, 2.05) is 0 Å². The van der Waals surface area contributed by atoms with Crippen molar-refractivity contribution in [2.24, 2.45) is 5.92 Å². The first kappa shape index (κ1) is 17.1. The number of nitro benzene ring substituents is 2. The Morgan fingerprint density at radius 3 is 2.52 bits per heavy atom. The molecule has 1 aliphatic rings. The van der Waals surface area contributed by atoms with Crippen LogP contribution in [0.1, 0.15) is 37.3 Å². The standard InChI is InChI=1S/C15H21N3O5/c1-10-4-3-6-16(7-5-10)15-13(17(20)21)8-12(9-19)11(2)14(15)18(22)23/h8,10,19H,3-7,9H2,1-2H3/t10-/m1/s1. The number of hydrogen-bond donors (Lipinski definition) is 1. The molecule has 1 aliphatic heterocycles. The van der Waals surface area contributed by atoms with Gasteiger partial charge in [-0.05, 0) is 37.7 Å². The molecule has 1 saturated heterocycles. The molecule has 0 unspecified atom stereocenters. The van der Waals surface area contributed by atoms with Gasteiger partial charge in [0.1, 0.15) is 0 Å². The van der Waals surface area contributed by atoms with Crippen LogP contribution in [0.4, 0.5) is 17.1 Å². The Kier molecular flexibility index (Phi) is 5.15. The maximum Gasteiger partial charge on any atom is 0.302 e. The molecule has 1 N–H and O–H groups in total. The summed E-state index contributed by atoms with van der Waals surface area (Å²) in [5.41, 5.74) is 0.00763. The summed E-state index contributed by atoms with van der Waals surface area (Å²) in [6, 6.07) is 1.26. The molecular weight excluding hydrogens is 302 g/mol. The van der Waals surface area contributed by atoms with Gasteiger partial charge in [0.05, 0.1) is 16.5 Å². The molecule has 0 saturated carbocycles. The predicted octanol–water partition coefficient (Wildman–Crippen LogP) is 2.93. The quantitative estimate of drug-likeness (QED) is 0.674. The zero-order valence-corrected chi connectivity index (χ0v) is 13.3. The van der Waals surface area contributed by atoms with E-state index in [9.17, 15) is 25.3 Å². The highest BCUT2D eigenvalue weighted by Gasteiger charge is 2.34. The van der Waals surface area contributed by atoms with E-state index < -0.39 is 16.5 Å². The van der Waals surface area contributed by atoms with Gasteiger partial charge in [-0.3, -0.25) is 20.2 Å². The van der Waals surface area contributed by atoms with E-state index in [4.69, 9.17) is 0 Å². The summed E-state index contributed by atoms with van der Waals surface area (Å²) in [5, 5.41) is 32.3. The fraction of sp³-hybridized carbons (Fsp3) is 0.600. The third-order valence-corrected chi connectivity index (χ3v) is 4.50. The number of anilines is 1. The molecule has 1 aromatic rings. The molecule has 0 spiro atoms. The van der Waals surface area contributed by atoms with Crippen molar-refractivity contribution in [1.29, 1.82) is 0 Å². The first-order chi connectivity index (χ1) is 10.9. The van der Waals surface area contributed by atoms with Crippen molar-refractivity contribution in [1.82, 2.24) is 0 Å². The maximum atomic E-state index is 11.6. The summed E-state index contributed by atoms with van der Waals surface area (Å²) < 4.78 is 0. The molecule has 1 atom stereocenters. The molecule has 0 aromatic heterocycles. The normalized spacial score (nSPS) is 18.6. The molecule has 126 valence electrons. The van der Waals surface area contributed by atoms with Crippen LogP contribution in [0, 0.1) is 33.1 Å². The summed E-state index contributed by atoms with van der Waals surface area (Å²) in [6.07, 6.45) is 2.69. The fourth-order valence-corrected chi connectivity index (χ4v) is 3.12. The maximum absolute atomic E-state index is 11.6. The average Bonchev–Trinajstić information content (AvgIpc) is 2.70. The Morgan fingerprint density at radius 1 is 1.26 bits per heavy atom. The summed E-state index contributed by atoms with van der Waals surface area (Å²) in [7, 11) is 0. The Bertz CT molecular complexity index is 632. The summed E-state index contributed by atoms with van der Waals surface area (Å²) in [4.78, 5) is 23.6. The molecule has 8 nitrogen and oxygen atoms in total. The van der Waals surface area contributed by atoms with Crippen molar-refractivity contribution >= 4 is 17.1 Å². The minimum Gasteiger partial charge on any atom is -0.392 e. The van der Waals surface area contributed by atoms with Crippen LogP contribution in [0.2, 0.25) is 0 Å². The van der Waals surface area contributed by atoms with E-state index in [1.54, 1.807) is 4.90 Å². The van der Waals surface area contributed by atoms with Gasteiger partial charge in [0, 0.05) is 24.7 Å². The molecule has 1 aromatic carbocycles. The van der Waals surface area contributed by atoms with E-state index in [0.29, 0.717) is 19.0 Å². The van der Waals surface area contributed by atoms with E-state index in [1.165, 1.54) is 13.0 Å². The van der Waals surface area contributed by atoms with Crippen molar-refractivity contribution < 1.29 is 15.0 Å². The molecule has 0 radical (unpaired) electrons. The average molecular weight is 323 g/mol. The van der Waals surface area contributed by atoms with Gasteiger partial charge in [-0.25, -0.2) is 0 Å². The number of hydrogen-bond acceptors (Lipinski definition) is 6. The Balaban J connectivity index is 2.65. The van der Waals surface area contributed by atoms with Gasteiger partial charge in [0.15, 0.2) is 5.69 Å². The first-order valence-electron chi connectivity index (χ1n) is 7.67. The fourth-order valence-electron chi connectivity index (χ4n) is 3.12. The lowest BCUT2D eigenvalue weighted by molar-refractivity contribution is -0.393. The van der Waals surface area contributed by atoms with E-state index in [-0.39, 0.29) is 28.2 Å². The molecule has 1 fully saturated rings. The third-order valence-electron chi connectivity index (χ3n) is 4.50. The molecule has 0 amide bonds. The highest BCUT2D eigenvalue weighted by Crippen LogP contribution is 2.42. The minimum atomic E-state index is -0.602. The van der Waals surface area contributed by atoms with Crippen LogP contribution in [0.25, 0.3) is 0 Å². The second-order valence-corrected chi connectivity index (χ2v) is 6.07. The Labute approximate surface area is 134 Å². The Morgan fingerprint density at radius 2 is 1.96 bits per heavy atom. The van der Waals surface area contributed by atoms with Crippen molar-refractivity contribution in [2.45, 2.75) is 39.7 Å². The van der Waals surface area contributed by atoms with Crippen molar-refractivity contribution in [2.75, 3.05) is 18.0 Å². The topological polar surface area (TPSA) is 110 Å². The monoisotopic (exact) mass is 323 g/mol. The van der Waals surface area contributed by atoms with E-state index >= 15 is 0 Å². The van der Waals surface area contributed by atoms with Gasteiger partial charge < -0.3 is 10.0 Å². The SMILES string of the molecule is Cc1c(CO)cc([N+](=O)[O-])c(N2CCC[C@@H](C)CC2)c1[N+](=O)[O-]. The molecule has 2 rings (SSSR count). The second kappa shape index (κ2) is 6.91. The largest absolute Gasteiger partial charge is 0.392 e. The number of benzene rings is 1. The number of nitro groups is 2. The van der Waals surface area contributed by atoms with Crippen molar-refractivity contribution in [3.8, 4) is 0 Å². The molecule has 23 heavy (non-hydrogen) atoms. The molecule has 0 aliphatic carbocycles. The summed E-state index contributed by atoms with van der Waals surface area (Å²) in [6.45, 7) is 4.29. The number of aliphatic hydroxyl groups is 1. The van der Waals surface area contributed by atoms with E-state index in [0.717, 1.165) is 19.3 Å². The van der Waals surface area contributed by atoms with E-state index in [2.05, 4.69) is 6.92 Å². The lowest BCUT2D eigenvalue weighted by atomic mass is 10.0. The zero-order chi connectivity index (χ0) is 17.1. The van der Waals surface area contributed by atoms with Crippen LogP contribution in [0.3, 0.4) is 0 Å². The van der Waals surface area contributed by atoms with Gasteiger partial charge in [0.2, 0.25) is 0 Å². The van der Waals surface area contributed by atoms with Crippen LogP contribution < -0.4 is 4.90 Å². The number of aliphatic hydroxyl groups excluding tert-OH is 1. The first-order valence-corrected chi connectivity index (χ1v) is 7.67. The molecular formula is C15H21N3O5. The number of rotatable bonds is 4. The van der Waals surface area contributed by atoms with Gasteiger partial charge in [0.25, 0.3) is 5.69 Å². The van der Waals surface area contributed by atoms with Gasteiger partial charge in [-0.1, -0.05) is 6.92 Å². The van der Waals surface area contributed by atoms with Crippen LogP contribution >= 0.6 is 0 Å². The summed E-state index contributed by atoms with van der Waals surface area (Å²) in [5.74, 6) is 0.496. The summed E-state index contributed by atoms with van der Waals surface area (Å²) >= 11 is 0.